The van der Waals surface area contributed by atoms with Crippen LogP contribution in [0.1, 0.15) is 5.56 Å². The van der Waals surface area contributed by atoms with E-state index in [1.165, 1.54) is 4.68 Å². The number of benzene rings is 1. The molecule has 9 nitrogen and oxygen atoms in total. The Bertz CT molecular complexity index is 1270. The predicted octanol–water partition coefficient (Wildman–Crippen LogP) is 2.37. The first-order chi connectivity index (χ1) is 14.5. The normalized spacial score (nSPS) is 12.1. The van der Waals surface area contributed by atoms with Crippen LogP contribution in [0.25, 0.3) is 11.0 Å². The Labute approximate surface area is 175 Å². The first kappa shape index (κ1) is 20.0. The molecule has 0 spiro atoms. The molecule has 30 heavy (non-hydrogen) atoms. The Kier molecular flexibility index (Phi) is 5.44. The van der Waals surface area contributed by atoms with Gasteiger partial charge in [0.25, 0.3) is 5.56 Å². The molecular weight excluding hydrogens is 404 g/mol. The molecule has 1 unspecified atom stereocenters. The van der Waals surface area contributed by atoms with Crippen LogP contribution in [0.15, 0.2) is 58.4 Å². The number of H-pyrrole nitrogens is 1. The highest BCUT2D eigenvalue weighted by Gasteiger charge is 2.17. The third-order valence-corrected chi connectivity index (χ3v) is 5.52. The van der Waals surface area contributed by atoms with Gasteiger partial charge < -0.3 is 20.3 Å². The number of aryl methyl sites for hydroxylation is 1. The Hall–Kier alpha value is -3.34. The van der Waals surface area contributed by atoms with Gasteiger partial charge in [-0.25, -0.2) is 9.97 Å². The first-order valence-corrected chi connectivity index (χ1v) is 10.6. The van der Waals surface area contributed by atoms with Crippen molar-refractivity contribution in [3.05, 3.63) is 64.6 Å². The van der Waals surface area contributed by atoms with Gasteiger partial charge in [-0.2, -0.15) is 0 Å². The summed E-state index contributed by atoms with van der Waals surface area (Å²) < 4.78 is 13.5. The third-order valence-electron chi connectivity index (χ3n) is 4.54. The fourth-order valence-corrected chi connectivity index (χ4v) is 3.82. The van der Waals surface area contributed by atoms with Gasteiger partial charge in [-0.05, 0) is 41.0 Å². The molecule has 154 valence electrons. The molecule has 0 aliphatic rings. The molecule has 0 fully saturated rings. The Morgan fingerprint density at radius 2 is 1.97 bits per heavy atom. The molecule has 0 amide bonds. The van der Waals surface area contributed by atoms with E-state index >= 15 is 0 Å². The molecule has 0 radical (unpaired) electrons. The summed E-state index contributed by atoms with van der Waals surface area (Å²) in [5.74, 6) is 0.956. The molecule has 3 aromatic heterocycles. The third kappa shape index (κ3) is 3.88. The van der Waals surface area contributed by atoms with Crippen molar-refractivity contribution in [3.63, 3.8) is 0 Å². The van der Waals surface area contributed by atoms with Crippen molar-refractivity contribution in [1.82, 2.24) is 19.7 Å². The maximum atomic E-state index is 12.6. The van der Waals surface area contributed by atoms with Gasteiger partial charge in [0.05, 0.1) is 18.0 Å². The number of hydrogen-bond acceptors (Lipinski definition) is 7. The molecule has 4 N–H and O–H groups in total. The lowest BCUT2D eigenvalue weighted by atomic mass is 10.2. The minimum atomic E-state index is -1.21. The molecule has 1 aromatic carbocycles. The van der Waals surface area contributed by atoms with Crippen LogP contribution >= 0.6 is 0 Å². The number of fused-ring (bicyclic) bond motifs is 1. The van der Waals surface area contributed by atoms with Gasteiger partial charge in [-0.15, -0.1) is 0 Å². The van der Waals surface area contributed by atoms with Gasteiger partial charge in [-0.3, -0.25) is 14.6 Å². The molecule has 4 rings (SSSR count). The van der Waals surface area contributed by atoms with E-state index in [4.69, 9.17) is 0 Å². The van der Waals surface area contributed by atoms with Crippen molar-refractivity contribution in [2.75, 3.05) is 16.9 Å². The Morgan fingerprint density at radius 3 is 2.73 bits per heavy atom. The largest absolute Gasteiger partial charge is 0.612 e. The zero-order valence-corrected chi connectivity index (χ0v) is 17.2. The van der Waals surface area contributed by atoms with Crippen molar-refractivity contribution in [2.24, 2.45) is 7.05 Å². The van der Waals surface area contributed by atoms with Gasteiger partial charge >= 0.3 is 0 Å². The zero-order valence-electron chi connectivity index (χ0n) is 16.3. The van der Waals surface area contributed by atoms with Crippen molar-refractivity contribution in [3.8, 4) is 0 Å². The average molecular weight is 424 g/mol. The molecule has 0 bridgehead atoms. The number of anilines is 4. The summed E-state index contributed by atoms with van der Waals surface area (Å²) in [5.41, 5.74) is 2.02. The van der Waals surface area contributed by atoms with Crippen LogP contribution in [-0.4, -0.2) is 35.7 Å². The summed E-state index contributed by atoms with van der Waals surface area (Å²) in [6, 6.07) is 12.3. The van der Waals surface area contributed by atoms with E-state index in [9.17, 15) is 14.5 Å². The van der Waals surface area contributed by atoms with Crippen LogP contribution < -0.4 is 16.2 Å². The van der Waals surface area contributed by atoms with E-state index < -0.39 is 11.2 Å². The number of para-hydroxylation sites is 1. The summed E-state index contributed by atoms with van der Waals surface area (Å²) >= 11 is -1.21. The van der Waals surface area contributed by atoms with Crippen LogP contribution in [0, 0.1) is 0 Å². The van der Waals surface area contributed by atoms with Crippen LogP contribution in [0.5, 0.6) is 0 Å². The number of aliphatic hydroxyl groups is 1. The van der Waals surface area contributed by atoms with E-state index in [2.05, 4.69) is 25.7 Å². The fraction of sp³-hybridized carbons (Fsp3) is 0.150. The highest BCUT2D eigenvalue weighted by atomic mass is 32.2. The molecule has 1 atom stereocenters. The number of hydrogen-bond donors (Lipinski definition) is 4. The van der Waals surface area contributed by atoms with E-state index in [0.717, 1.165) is 0 Å². The number of nitrogens with zero attached hydrogens (tertiary/aromatic N) is 3. The van der Waals surface area contributed by atoms with Crippen LogP contribution in [0.4, 0.5) is 23.0 Å². The maximum Gasteiger partial charge on any atom is 0.277 e. The average Bonchev–Trinajstić information content (AvgIpc) is 3.02. The molecular formula is C20H20N6O3S. The first-order valence-electron chi connectivity index (χ1n) is 9.08. The second kappa shape index (κ2) is 8.19. The molecule has 0 saturated heterocycles. The monoisotopic (exact) mass is 424 g/mol. The van der Waals surface area contributed by atoms with Gasteiger partial charge in [0.2, 0.25) is 0 Å². The second-order valence-corrected chi connectivity index (χ2v) is 8.01. The highest BCUT2D eigenvalue weighted by molar-refractivity contribution is 7.90. The standard InChI is InChI=1S/C20H20N6O3S/c1-26-20(28)18-14(22-13-5-3-4-6-15(13)30(2)29)10-17(24-19(18)25-26)23-16-9-12(11-27)7-8-21-16/h3-10,27H,11H2,1-2H3,(H3,21,22,23,24,25). The summed E-state index contributed by atoms with van der Waals surface area (Å²) in [7, 11) is 1.61. The molecule has 0 aliphatic carbocycles. The van der Waals surface area contributed by atoms with Crippen LogP contribution in [-0.2, 0) is 24.8 Å². The lowest BCUT2D eigenvalue weighted by molar-refractivity contribution is 0.282. The smallest absolute Gasteiger partial charge is 0.277 e. The number of aromatic amines is 1. The molecule has 4 aromatic rings. The Balaban J connectivity index is 1.81. The van der Waals surface area contributed by atoms with Gasteiger partial charge in [0.1, 0.15) is 23.3 Å². The maximum absolute atomic E-state index is 12.6. The summed E-state index contributed by atoms with van der Waals surface area (Å²) in [4.78, 5) is 22.0. The molecule has 3 heterocycles. The number of aliphatic hydroxyl groups excluding tert-OH is 1. The summed E-state index contributed by atoms with van der Waals surface area (Å²) in [5, 5.41) is 19.0. The van der Waals surface area contributed by atoms with E-state index in [1.807, 2.05) is 12.1 Å². The second-order valence-electron chi connectivity index (χ2n) is 6.66. The zero-order chi connectivity index (χ0) is 21.3. The predicted molar refractivity (Wildman–Crippen MR) is 117 cm³/mol. The number of rotatable bonds is 6. The number of pyridine rings is 2. The SMILES string of the molecule is Cn1[nH]c2nc(Nc3cc(CO)ccn3)cc(Nc3ccccc3[S+](C)[O-])c2c1=O. The van der Waals surface area contributed by atoms with Crippen molar-refractivity contribution < 1.29 is 9.66 Å². The van der Waals surface area contributed by atoms with Crippen molar-refractivity contribution >= 4 is 45.2 Å². The summed E-state index contributed by atoms with van der Waals surface area (Å²) in [6.45, 7) is -0.104. The van der Waals surface area contributed by atoms with Crippen molar-refractivity contribution in [1.29, 1.82) is 0 Å². The van der Waals surface area contributed by atoms with Gasteiger partial charge in [0.15, 0.2) is 10.5 Å². The lowest BCUT2D eigenvalue weighted by Gasteiger charge is -2.14. The van der Waals surface area contributed by atoms with E-state index in [-0.39, 0.29) is 12.2 Å². The topological polar surface area (TPSA) is 131 Å². The van der Waals surface area contributed by atoms with Gasteiger partial charge in [0, 0.05) is 19.3 Å². The molecule has 0 saturated carbocycles. The number of nitrogens with one attached hydrogen (secondary N) is 3. The minimum Gasteiger partial charge on any atom is -0.612 e. The summed E-state index contributed by atoms with van der Waals surface area (Å²) in [6.07, 6.45) is 3.19. The fourth-order valence-electron chi connectivity index (χ4n) is 3.12. The quantitative estimate of drug-likeness (QED) is 0.350. The van der Waals surface area contributed by atoms with E-state index in [1.54, 1.807) is 49.8 Å². The highest BCUT2D eigenvalue weighted by Crippen LogP contribution is 2.30. The number of aromatic nitrogens is 4. The van der Waals surface area contributed by atoms with Crippen LogP contribution in [0.2, 0.25) is 0 Å². The van der Waals surface area contributed by atoms with Crippen molar-refractivity contribution in [2.45, 2.75) is 11.5 Å². The van der Waals surface area contributed by atoms with Gasteiger partial charge in [-0.1, -0.05) is 12.1 Å². The molecule has 10 heteroatoms. The lowest BCUT2D eigenvalue weighted by Crippen LogP contribution is -2.12. The molecule has 0 aliphatic heterocycles. The minimum absolute atomic E-state index is 0.104. The van der Waals surface area contributed by atoms with E-state index in [0.29, 0.717) is 44.5 Å². The van der Waals surface area contributed by atoms with Crippen LogP contribution in [0.3, 0.4) is 0 Å². The Morgan fingerprint density at radius 1 is 1.17 bits per heavy atom.